The molecule has 2 fully saturated rings. The number of pyridine rings is 2. The quantitative estimate of drug-likeness (QED) is 0.556. The van der Waals surface area contributed by atoms with Gasteiger partial charge >= 0.3 is 0 Å². The van der Waals surface area contributed by atoms with Crippen LogP contribution in [0.2, 0.25) is 0 Å². The zero-order valence-electron chi connectivity index (χ0n) is 19.4. The van der Waals surface area contributed by atoms with Crippen LogP contribution in [0, 0.1) is 12.4 Å². The Morgan fingerprint density at radius 1 is 1.03 bits per heavy atom. The van der Waals surface area contributed by atoms with E-state index in [1.54, 1.807) is 35.9 Å². The molecular weight excluding hydrogens is 433 g/mol. The first-order valence-electron chi connectivity index (χ1n) is 11.8. The van der Waals surface area contributed by atoms with E-state index >= 15 is 0 Å². The lowest BCUT2D eigenvalue weighted by Crippen LogP contribution is -2.44. The summed E-state index contributed by atoms with van der Waals surface area (Å²) >= 11 is 0. The summed E-state index contributed by atoms with van der Waals surface area (Å²) in [5, 5.41) is 10.4. The molecule has 7 nitrogen and oxygen atoms in total. The van der Waals surface area contributed by atoms with E-state index in [9.17, 15) is 14.3 Å². The third kappa shape index (κ3) is 3.96. The lowest BCUT2D eigenvalue weighted by molar-refractivity contribution is 0.363. The van der Waals surface area contributed by atoms with Gasteiger partial charge in [0.25, 0.3) is 11.4 Å². The molecule has 0 saturated heterocycles. The Morgan fingerprint density at radius 3 is 2.29 bits per heavy atom. The van der Waals surface area contributed by atoms with Crippen molar-refractivity contribution in [1.82, 2.24) is 9.55 Å². The molecule has 0 aliphatic heterocycles. The fourth-order valence-electron chi connectivity index (χ4n) is 5.31. The zero-order valence-corrected chi connectivity index (χ0v) is 19.4. The van der Waals surface area contributed by atoms with Gasteiger partial charge in [0, 0.05) is 44.4 Å². The fourth-order valence-corrected chi connectivity index (χ4v) is 5.31. The molecule has 2 saturated carbocycles. The van der Waals surface area contributed by atoms with Gasteiger partial charge in [-0.3, -0.25) is 4.79 Å². The van der Waals surface area contributed by atoms with Crippen molar-refractivity contribution in [2.24, 2.45) is 7.05 Å². The lowest BCUT2D eigenvalue weighted by atomic mass is 9.88. The maximum atomic E-state index is 13.6. The number of aromatic hydroxyl groups is 1. The Bertz CT molecular complexity index is 1340. The van der Waals surface area contributed by atoms with E-state index < -0.39 is 5.82 Å². The van der Waals surface area contributed by atoms with Crippen molar-refractivity contribution in [1.29, 1.82) is 0 Å². The van der Waals surface area contributed by atoms with Crippen LogP contribution in [0.25, 0.3) is 15.9 Å². The predicted octanol–water partition coefficient (Wildman–Crippen LogP) is 4.75. The smallest absolute Gasteiger partial charge is 0.270 e. The monoisotopic (exact) mass is 461 g/mol. The first-order chi connectivity index (χ1) is 16.4. The second kappa shape index (κ2) is 8.64. The Kier molecular flexibility index (Phi) is 5.64. The van der Waals surface area contributed by atoms with Gasteiger partial charge in [0.2, 0.25) is 5.52 Å². The highest BCUT2D eigenvalue weighted by Crippen LogP contribution is 2.42. The third-order valence-corrected chi connectivity index (χ3v) is 7.31. The summed E-state index contributed by atoms with van der Waals surface area (Å²) in [6.07, 6.45) is 5.89. The van der Waals surface area contributed by atoms with E-state index in [4.69, 9.17) is 6.57 Å². The average molecular weight is 462 g/mol. The highest BCUT2D eigenvalue weighted by atomic mass is 19.1. The van der Waals surface area contributed by atoms with Gasteiger partial charge < -0.3 is 24.3 Å². The molecule has 34 heavy (non-hydrogen) atoms. The van der Waals surface area contributed by atoms with Gasteiger partial charge in [-0.25, -0.2) is 4.39 Å². The number of halogens is 1. The highest BCUT2D eigenvalue weighted by Gasteiger charge is 2.38. The van der Waals surface area contributed by atoms with Crippen molar-refractivity contribution in [2.75, 3.05) is 16.8 Å². The van der Waals surface area contributed by atoms with E-state index in [2.05, 4.69) is 19.6 Å². The standard InChI is InChI=1S/C26H28FN5O2/c1-28-24-13-12-21-26(29-24)22(15-25(34)31(21)3)30(2)17-5-7-18(8-6-17)32(19-9-10-19)20-11-4-16(27)14-23(20)33/h4,11-15,17-19,33H,5-10H2,2-3H3. The van der Waals surface area contributed by atoms with Gasteiger partial charge in [0.15, 0.2) is 0 Å². The molecule has 5 rings (SSSR count). The van der Waals surface area contributed by atoms with Gasteiger partial charge in [0.1, 0.15) is 11.6 Å². The van der Waals surface area contributed by atoms with Crippen LogP contribution in [0.15, 0.2) is 41.2 Å². The van der Waals surface area contributed by atoms with E-state index in [1.165, 1.54) is 12.1 Å². The van der Waals surface area contributed by atoms with Gasteiger partial charge in [-0.05, 0) is 62.8 Å². The minimum absolute atomic E-state index is 0.000529. The number of hydrogen-bond acceptors (Lipinski definition) is 5. The number of hydrogen-bond donors (Lipinski definition) is 1. The van der Waals surface area contributed by atoms with E-state index in [-0.39, 0.29) is 23.4 Å². The van der Waals surface area contributed by atoms with Crippen molar-refractivity contribution in [3.05, 3.63) is 64.0 Å². The van der Waals surface area contributed by atoms with E-state index in [0.717, 1.165) is 44.2 Å². The molecule has 2 aliphatic rings. The van der Waals surface area contributed by atoms with Crippen molar-refractivity contribution < 1.29 is 9.50 Å². The molecule has 0 unspecified atom stereocenters. The second-order valence-corrected chi connectivity index (χ2v) is 9.42. The van der Waals surface area contributed by atoms with E-state index in [0.29, 0.717) is 28.6 Å². The highest BCUT2D eigenvalue weighted by molar-refractivity contribution is 5.89. The van der Waals surface area contributed by atoms with Gasteiger partial charge in [-0.15, -0.1) is 4.98 Å². The minimum Gasteiger partial charge on any atom is -0.506 e. The normalized spacial score (nSPS) is 20.2. The molecule has 0 spiro atoms. The van der Waals surface area contributed by atoms with Crippen molar-refractivity contribution in [3.63, 3.8) is 0 Å². The van der Waals surface area contributed by atoms with E-state index in [1.807, 2.05) is 7.05 Å². The molecule has 0 radical (unpaired) electrons. The minimum atomic E-state index is -0.432. The first-order valence-corrected chi connectivity index (χ1v) is 11.8. The Labute approximate surface area is 197 Å². The molecule has 176 valence electrons. The number of phenols is 1. The Morgan fingerprint density at radius 2 is 1.68 bits per heavy atom. The summed E-state index contributed by atoms with van der Waals surface area (Å²) in [5.74, 6) is -0.123. The maximum Gasteiger partial charge on any atom is 0.270 e. The molecule has 2 aliphatic carbocycles. The van der Waals surface area contributed by atoms with Crippen molar-refractivity contribution >= 4 is 28.2 Å². The number of fused-ring (bicyclic) bond motifs is 1. The zero-order chi connectivity index (χ0) is 24.0. The lowest BCUT2D eigenvalue weighted by Gasteiger charge is -2.41. The summed E-state index contributed by atoms with van der Waals surface area (Å²) < 4.78 is 15.1. The SMILES string of the molecule is [C-]#[N+]c1ccc2c(n1)c(N(C)C1CCC(N(c3ccc(F)cc3O)C3CC3)CC1)cc(=O)n2C. The number of rotatable bonds is 5. The Balaban J connectivity index is 1.39. The van der Waals surface area contributed by atoms with Crippen LogP contribution in [-0.4, -0.2) is 39.8 Å². The number of anilines is 2. The summed E-state index contributed by atoms with van der Waals surface area (Å²) in [7, 11) is 3.71. The molecule has 0 amide bonds. The van der Waals surface area contributed by atoms with Gasteiger partial charge in [-0.2, -0.15) is 0 Å². The van der Waals surface area contributed by atoms with Crippen LogP contribution in [0.1, 0.15) is 38.5 Å². The summed E-state index contributed by atoms with van der Waals surface area (Å²) in [6.45, 7) is 7.33. The molecule has 3 aromatic rings. The summed E-state index contributed by atoms with van der Waals surface area (Å²) in [5.41, 5.74) is 2.74. The largest absolute Gasteiger partial charge is 0.506 e. The first kappa shape index (κ1) is 22.2. The molecule has 1 aromatic carbocycles. The van der Waals surface area contributed by atoms with Crippen molar-refractivity contribution in [2.45, 2.75) is 56.7 Å². The molecule has 2 aromatic heterocycles. The average Bonchev–Trinajstić information content (AvgIpc) is 3.68. The molecule has 0 bridgehead atoms. The second-order valence-electron chi connectivity index (χ2n) is 9.42. The topological polar surface area (TPSA) is 66.0 Å². The predicted molar refractivity (Wildman–Crippen MR) is 131 cm³/mol. The van der Waals surface area contributed by atoms with Gasteiger partial charge in [-0.1, -0.05) is 6.57 Å². The number of phenolic OH excluding ortho intramolecular Hbond substituents is 1. The fraction of sp³-hybridized carbons (Fsp3) is 0.423. The van der Waals surface area contributed by atoms with Crippen LogP contribution in [0.4, 0.5) is 21.6 Å². The summed E-state index contributed by atoms with van der Waals surface area (Å²) in [4.78, 5) is 25.0. The summed E-state index contributed by atoms with van der Waals surface area (Å²) in [6, 6.07) is 10.2. The Hall–Kier alpha value is -3.60. The molecule has 2 heterocycles. The van der Waals surface area contributed by atoms with Gasteiger partial charge in [0.05, 0.1) is 16.9 Å². The number of nitrogens with zero attached hydrogens (tertiary/aromatic N) is 5. The molecule has 0 atom stereocenters. The molecular formula is C26H28FN5O2. The number of aryl methyl sites for hydroxylation is 1. The molecule has 1 N–H and O–H groups in total. The van der Waals surface area contributed by atoms with Crippen molar-refractivity contribution in [3.8, 4) is 5.75 Å². The molecule has 8 heteroatoms. The van der Waals surface area contributed by atoms with Crippen LogP contribution < -0.4 is 15.4 Å². The number of benzene rings is 1. The third-order valence-electron chi connectivity index (χ3n) is 7.31. The van der Waals surface area contributed by atoms with Crippen LogP contribution in [0.5, 0.6) is 5.75 Å². The maximum absolute atomic E-state index is 13.6. The van der Waals surface area contributed by atoms with Crippen LogP contribution in [-0.2, 0) is 7.05 Å². The van der Waals surface area contributed by atoms with Crippen LogP contribution in [0.3, 0.4) is 0 Å². The van der Waals surface area contributed by atoms with Crippen LogP contribution >= 0.6 is 0 Å². The number of aromatic nitrogens is 2.